The van der Waals surface area contributed by atoms with E-state index in [9.17, 15) is 4.79 Å². The molecule has 0 amide bonds. The van der Waals surface area contributed by atoms with Crippen molar-refractivity contribution in [1.29, 1.82) is 0 Å². The molecule has 1 aromatic carbocycles. The molecule has 2 aromatic rings. The minimum absolute atomic E-state index is 0.313. The van der Waals surface area contributed by atoms with Crippen molar-refractivity contribution in [3.63, 3.8) is 0 Å². The summed E-state index contributed by atoms with van der Waals surface area (Å²) in [6.07, 6.45) is 2.71. The average Bonchev–Trinajstić information content (AvgIpc) is 2.96. The second kappa shape index (κ2) is 5.95. The largest absolute Gasteiger partial charge is 0.477 e. The van der Waals surface area contributed by atoms with Crippen molar-refractivity contribution in [1.82, 2.24) is 4.98 Å². The van der Waals surface area contributed by atoms with Crippen molar-refractivity contribution in [3.8, 4) is 5.75 Å². The number of methoxy groups -OCH3 is 1. The Kier molecular flexibility index (Phi) is 3.75. The number of ether oxygens (including phenoxy) is 2. The maximum Gasteiger partial charge on any atom is 0.348 e. The van der Waals surface area contributed by atoms with Crippen LogP contribution in [0.4, 0.5) is 11.5 Å². The summed E-state index contributed by atoms with van der Waals surface area (Å²) in [6, 6.07) is 11.6. The molecular formula is C19H21N3O3. The summed E-state index contributed by atoms with van der Waals surface area (Å²) >= 11 is 0. The van der Waals surface area contributed by atoms with E-state index in [1.807, 2.05) is 24.3 Å². The molecule has 25 heavy (non-hydrogen) atoms. The zero-order valence-electron chi connectivity index (χ0n) is 14.1. The molecule has 1 spiro atoms. The number of fused-ring (bicyclic) bond motifs is 2. The molecule has 2 aliphatic rings. The van der Waals surface area contributed by atoms with Crippen LogP contribution in [0.3, 0.4) is 0 Å². The highest BCUT2D eigenvalue weighted by Gasteiger charge is 2.54. The molecule has 2 aliphatic heterocycles. The van der Waals surface area contributed by atoms with Gasteiger partial charge in [-0.2, -0.15) is 0 Å². The summed E-state index contributed by atoms with van der Waals surface area (Å²) in [4.78, 5) is 19.0. The van der Waals surface area contributed by atoms with Crippen molar-refractivity contribution >= 4 is 17.5 Å². The molecule has 4 rings (SSSR count). The third-order valence-electron chi connectivity index (χ3n) is 5.33. The number of aromatic nitrogens is 1. The number of nitrogens with zero attached hydrogens (tertiary/aromatic N) is 2. The Labute approximate surface area is 146 Å². The number of nitrogens with two attached hydrogens (primary N) is 1. The van der Waals surface area contributed by atoms with E-state index in [0.717, 1.165) is 43.1 Å². The molecule has 1 fully saturated rings. The number of pyridine rings is 1. The summed E-state index contributed by atoms with van der Waals surface area (Å²) in [5.41, 5.74) is 7.33. The topological polar surface area (TPSA) is 77.7 Å². The lowest BCUT2D eigenvalue weighted by Gasteiger charge is -2.41. The van der Waals surface area contributed by atoms with Gasteiger partial charge in [0.25, 0.3) is 0 Å². The number of esters is 1. The van der Waals surface area contributed by atoms with Crippen molar-refractivity contribution < 1.29 is 14.3 Å². The molecule has 130 valence electrons. The Hall–Kier alpha value is -2.76. The monoisotopic (exact) mass is 339 g/mol. The molecule has 0 bridgehead atoms. The molecule has 0 saturated carbocycles. The number of nitrogen functional groups attached to an aromatic ring is 1. The quantitative estimate of drug-likeness (QED) is 0.845. The predicted molar refractivity (Wildman–Crippen MR) is 94.6 cm³/mol. The molecule has 6 heteroatoms. The van der Waals surface area contributed by atoms with Gasteiger partial charge in [-0.25, -0.2) is 9.78 Å². The lowest BCUT2D eigenvalue weighted by molar-refractivity contribution is -0.151. The molecule has 0 aliphatic carbocycles. The third-order valence-corrected chi connectivity index (χ3v) is 5.33. The number of hydrogen-bond donors (Lipinski definition) is 1. The molecule has 6 nitrogen and oxygen atoms in total. The molecule has 1 aromatic heterocycles. The Morgan fingerprint density at radius 3 is 2.80 bits per heavy atom. The number of anilines is 2. The van der Waals surface area contributed by atoms with Crippen molar-refractivity contribution in [2.45, 2.75) is 24.4 Å². The second-order valence-corrected chi connectivity index (χ2v) is 6.61. The van der Waals surface area contributed by atoms with Crippen LogP contribution >= 0.6 is 0 Å². The summed E-state index contributed by atoms with van der Waals surface area (Å²) in [7, 11) is 1.41. The number of benzene rings is 1. The first-order valence-corrected chi connectivity index (χ1v) is 8.44. The Balaban J connectivity index is 1.64. The van der Waals surface area contributed by atoms with Crippen LogP contribution in [0.15, 0.2) is 42.6 Å². The van der Waals surface area contributed by atoms with E-state index in [0.29, 0.717) is 5.69 Å². The number of carbonyl (C=O) groups is 1. The van der Waals surface area contributed by atoms with E-state index < -0.39 is 6.10 Å². The smallest absolute Gasteiger partial charge is 0.348 e. The van der Waals surface area contributed by atoms with Crippen LogP contribution in [-0.2, 0) is 14.9 Å². The zero-order valence-corrected chi connectivity index (χ0v) is 14.1. The van der Waals surface area contributed by atoms with Crippen LogP contribution in [0.5, 0.6) is 5.75 Å². The van der Waals surface area contributed by atoms with Crippen LogP contribution in [0.1, 0.15) is 18.4 Å². The minimum atomic E-state index is -0.592. The highest BCUT2D eigenvalue weighted by atomic mass is 16.6. The average molecular weight is 339 g/mol. The van der Waals surface area contributed by atoms with Gasteiger partial charge in [0.05, 0.1) is 12.5 Å². The third kappa shape index (κ3) is 2.49. The van der Waals surface area contributed by atoms with Gasteiger partial charge < -0.3 is 20.1 Å². The lowest BCUT2D eigenvalue weighted by Crippen LogP contribution is -2.51. The number of rotatable bonds is 2. The standard InChI is InChI=1S/C19H21N3O3/c1-24-18(23)17-19(14-4-2-3-5-15(14)25-17)7-10-22(11-8-19)16-12-13(20)6-9-21-16/h2-6,9,12,17H,7-8,10-11H2,1H3,(H2,20,21)/t17-/m0/s1. The Bertz CT molecular complexity index is 800. The molecule has 1 atom stereocenters. The fraction of sp³-hybridized carbons (Fsp3) is 0.368. The zero-order chi connectivity index (χ0) is 17.4. The van der Waals surface area contributed by atoms with Gasteiger partial charge in [0.15, 0.2) is 0 Å². The SMILES string of the molecule is COC(=O)[C@@H]1Oc2ccccc2C12CCN(c1cc(N)ccn1)CC2. The molecule has 0 unspecified atom stereocenters. The molecule has 1 saturated heterocycles. The van der Waals surface area contributed by atoms with Gasteiger partial charge >= 0.3 is 5.97 Å². The first-order valence-electron chi connectivity index (χ1n) is 8.44. The van der Waals surface area contributed by atoms with Gasteiger partial charge in [0.2, 0.25) is 6.10 Å². The van der Waals surface area contributed by atoms with Crippen molar-refractivity contribution in [3.05, 3.63) is 48.2 Å². The van der Waals surface area contributed by atoms with Gasteiger partial charge in [0.1, 0.15) is 11.6 Å². The van der Waals surface area contributed by atoms with Crippen LogP contribution in [0.2, 0.25) is 0 Å². The summed E-state index contributed by atoms with van der Waals surface area (Å²) in [5.74, 6) is 1.34. The predicted octanol–water partition coefficient (Wildman–Crippen LogP) is 2.14. The van der Waals surface area contributed by atoms with Gasteiger partial charge in [0, 0.05) is 36.6 Å². The lowest BCUT2D eigenvalue weighted by atomic mass is 9.70. The van der Waals surface area contributed by atoms with Gasteiger partial charge in [-0.15, -0.1) is 0 Å². The van der Waals surface area contributed by atoms with Crippen molar-refractivity contribution in [2.24, 2.45) is 0 Å². The maximum absolute atomic E-state index is 12.4. The fourth-order valence-corrected chi connectivity index (χ4v) is 4.02. The molecular weight excluding hydrogens is 318 g/mol. The van der Waals surface area contributed by atoms with Crippen LogP contribution in [0.25, 0.3) is 0 Å². The van der Waals surface area contributed by atoms with E-state index in [1.165, 1.54) is 7.11 Å². The van der Waals surface area contributed by atoms with Gasteiger partial charge in [-0.1, -0.05) is 18.2 Å². The highest BCUT2D eigenvalue weighted by molar-refractivity contribution is 5.79. The molecule has 2 N–H and O–H groups in total. The highest BCUT2D eigenvalue weighted by Crippen LogP contribution is 2.49. The number of hydrogen-bond acceptors (Lipinski definition) is 6. The van der Waals surface area contributed by atoms with E-state index in [2.05, 4.69) is 16.0 Å². The van der Waals surface area contributed by atoms with E-state index >= 15 is 0 Å². The minimum Gasteiger partial charge on any atom is -0.477 e. The number of carbonyl (C=O) groups excluding carboxylic acids is 1. The number of para-hydroxylation sites is 1. The maximum atomic E-state index is 12.4. The molecule has 0 radical (unpaired) electrons. The van der Waals surface area contributed by atoms with Crippen LogP contribution in [0, 0.1) is 0 Å². The summed E-state index contributed by atoms with van der Waals surface area (Å²) in [6.45, 7) is 1.56. The van der Waals surface area contributed by atoms with Crippen LogP contribution < -0.4 is 15.4 Å². The Morgan fingerprint density at radius 2 is 2.08 bits per heavy atom. The normalized spacial score (nSPS) is 20.8. The van der Waals surface area contributed by atoms with Gasteiger partial charge in [-0.3, -0.25) is 0 Å². The van der Waals surface area contributed by atoms with E-state index in [4.69, 9.17) is 15.2 Å². The fourth-order valence-electron chi connectivity index (χ4n) is 4.02. The Morgan fingerprint density at radius 1 is 1.32 bits per heavy atom. The second-order valence-electron chi connectivity index (χ2n) is 6.61. The van der Waals surface area contributed by atoms with E-state index in [1.54, 1.807) is 12.3 Å². The van der Waals surface area contributed by atoms with Crippen LogP contribution in [-0.4, -0.2) is 37.3 Å². The summed E-state index contributed by atoms with van der Waals surface area (Å²) in [5, 5.41) is 0. The number of piperidine rings is 1. The van der Waals surface area contributed by atoms with Crippen molar-refractivity contribution in [2.75, 3.05) is 30.8 Å². The first-order chi connectivity index (χ1) is 12.1. The summed E-state index contributed by atoms with van der Waals surface area (Å²) < 4.78 is 11.0. The van der Waals surface area contributed by atoms with E-state index in [-0.39, 0.29) is 11.4 Å². The first kappa shape index (κ1) is 15.7. The molecule has 3 heterocycles. The van der Waals surface area contributed by atoms with Gasteiger partial charge in [-0.05, 0) is 25.0 Å².